The first-order valence-electron chi connectivity index (χ1n) is 8.61. The van der Waals surface area contributed by atoms with E-state index in [9.17, 15) is 0 Å². The molecule has 132 valence electrons. The summed E-state index contributed by atoms with van der Waals surface area (Å²) in [5.74, 6) is 3.57. The monoisotopic (exact) mass is 356 g/mol. The second-order valence-electron chi connectivity index (χ2n) is 6.11. The Morgan fingerprint density at radius 3 is 2.59 bits per heavy atom. The van der Waals surface area contributed by atoms with Gasteiger partial charge >= 0.3 is 0 Å². The highest BCUT2D eigenvalue weighted by molar-refractivity contribution is 5.77. The van der Waals surface area contributed by atoms with Crippen LogP contribution in [0.5, 0.6) is 23.1 Å². The van der Waals surface area contributed by atoms with E-state index in [0.29, 0.717) is 17.4 Å². The van der Waals surface area contributed by atoms with Crippen molar-refractivity contribution in [3.63, 3.8) is 0 Å². The number of aromatic nitrogens is 3. The van der Waals surface area contributed by atoms with Crippen molar-refractivity contribution in [2.45, 2.75) is 6.67 Å². The molecule has 2 aromatic carbocycles. The van der Waals surface area contributed by atoms with Crippen LogP contribution in [0.4, 0.5) is 5.69 Å². The summed E-state index contributed by atoms with van der Waals surface area (Å²) in [7, 11) is 0. The number of anilines is 1. The summed E-state index contributed by atoms with van der Waals surface area (Å²) >= 11 is 0. The molecule has 5 rings (SSSR count). The Balaban J connectivity index is 1.40. The average Bonchev–Trinajstić information content (AvgIpc) is 3.18. The Hall–Kier alpha value is -3.80. The fourth-order valence-corrected chi connectivity index (χ4v) is 3.04. The normalized spacial score (nSPS) is 11.9. The zero-order valence-electron chi connectivity index (χ0n) is 14.4. The zero-order chi connectivity index (χ0) is 18.1. The molecule has 0 saturated carbocycles. The molecule has 0 atom stereocenters. The number of pyridine rings is 1. The van der Waals surface area contributed by atoms with E-state index in [0.717, 1.165) is 29.5 Å². The summed E-state index contributed by atoms with van der Waals surface area (Å²) in [5, 5.41) is 3.37. The molecule has 1 N–H and O–H groups in total. The largest absolute Gasteiger partial charge is 0.457 e. The molecular weight excluding hydrogens is 340 g/mol. The number of rotatable bonds is 4. The number of benzene rings is 2. The van der Waals surface area contributed by atoms with Crippen molar-refractivity contribution in [1.29, 1.82) is 0 Å². The van der Waals surface area contributed by atoms with Crippen LogP contribution < -0.4 is 14.8 Å². The average molecular weight is 356 g/mol. The van der Waals surface area contributed by atoms with E-state index in [-0.39, 0.29) is 0 Å². The molecule has 0 saturated heterocycles. The predicted molar refractivity (Wildman–Crippen MR) is 102 cm³/mol. The standard InChI is InChI=1S/C21H16N4O2/c1-2-9-22-20(6-1)27-16-5-3-4-15(12-16)26-17-7-8-19-18(13-17)21-23-10-11-25(21)14-24-19/h1-13,24H,14H2. The summed E-state index contributed by atoms with van der Waals surface area (Å²) in [4.78, 5) is 8.62. The zero-order valence-corrected chi connectivity index (χ0v) is 14.4. The van der Waals surface area contributed by atoms with Gasteiger partial charge in [0, 0.05) is 42.0 Å². The van der Waals surface area contributed by atoms with Gasteiger partial charge in [0.15, 0.2) is 0 Å². The fourth-order valence-electron chi connectivity index (χ4n) is 3.04. The fraction of sp³-hybridized carbons (Fsp3) is 0.0476. The third-order valence-corrected chi connectivity index (χ3v) is 4.29. The van der Waals surface area contributed by atoms with Gasteiger partial charge in [-0.25, -0.2) is 9.97 Å². The number of hydrogen-bond donors (Lipinski definition) is 1. The van der Waals surface area contributed by atoms with E-state index in [4.69, 9.17) is 9.47 Å². The second kappa shape index (κ2) is 6.49. The second-order valence-corrected chi connectivity index (χ2v) is 6.11. The van der Waals surface area contributed by atoms with Crippen molar-refractivity contribution >= 4 is 5.69 Å². The molecule has 0 amide bonds. The number of nitrogens with zero attached hydrogens (tertiary/aromatic N) is 3. The molecule has 0 bridgehead atoms. The Labute approximate surface area is 156 Å². The molecule has 6 heteroatoms. The lowest BCUT2D eigenvalue weighted by atomic mass is 10.1. The number of ether oxygens (including phenoxy) is 2. The Morgan fingerprint density at radius 2 is 1.70 bits per heavy atom. The summed E-state index contributed by atoms with van der Waals surface area (Å²) < 4.78 is 13.9. The topological polar surface area (TPSA) is 61.2 Å². The van der Waals surface area contributed by atoms with E-state index < -0.39 is 0 Å². The minimum atomic E-state index is 0.543. The van der Waals surface area contributed by atoms with Crippen LogP contribution in [0.2, 0.25) is 0 Å². The molecule has 0 fully saturated rings. The molecule has 27 heavy (non-hydrogen) atoms. The Kier molecular flexibility index (Phi) is 3.72. The highest BCUT2D eigenvalue weighted by atomic mass is 16.5. The Bertz CT molecular complexity index is 1090. The summed E-state index contributed by atoms with van der Waals surface area (Å²) in [6.07, 6.45) is 5.45. The molecule has 1 aliphatic heterocycles. The first-order valence-corrected chi connectivity index (χ1v) is 8.61. The predicted octanol–water partition coefficient (Wildman–Crippen LogP) is 4.91. The van der Waals surface area contributed by atoms with Crippen molar-refractivity contribution in [1.82, 2.24) is 14.5 Å². The summed E-state index contributed by atoms with van der Waals surface area (Å²) in [6, 6.07) is 19.0. The van der Waals surface area contributed by atoms with Crippen LogP contribution in [0.3, 0.4) is 0 Å². The molecule has 2 aromatic heterocycles. The highest BCUT2D eigenvalue weighted by Gasteiger charge is 2.17. The molecule has 4 aromatic rings. The number of nitrogens with one attached hydrogen (secondary N) is 1. The minimum absolute atomic E-state index is 0.543. The van der Waals surface area contributed by atoms with Gasteiger partial charge < -0.3 is 19.4 Å². The lowest BCUT2D eigenvalue weighted by molar-refractivity contribution is 0.449. The van der Waals surface area contributed by atoms with E-state index in [1.54, 1.807) is 12.4 Å². The van der Waals surface area contributed by atoms with Gasteiger partial charge in [-0.05, 0) is 36.4 Å². The number of fused-ring (bicyclic) bond motifs is 3. The van der Waals surface area contributed by atoms with Crippen LogP contribution in [-0.4, -0.2) is 14.5 Å². The van der Waals surface area contributed by atoms with Gasteiger partial charge in [0.05, 0.1) is 6.67 Å². The maximum Gasteiger partial charge on any atom is 0.219 e. The van der Waals surface area contributed by atoms with Crippen LogP contribution in [0, 0.1) is 0 Å². The molecule has 3 heterocycles. The van der Waals surface area contributed by atoms with Crippen molar-refractivity contribution in [2.75, 3.05) is 5.32 Å². The maximum absolute atomic E-state index is 6.05. The Morgan fingerprint density at radius 1 is 0.815 bits per heavy atom. The molecule has 0 spiro atoms. The van der Waals surface area contributed by atoms with Gasteiger partial charge in [-0.2, -0.15) is 0 Å². The van der Waals surface area contributed by atoms with Crippen LogP contribution in [0.25, 0.3) is 11.4 Å². The lowest BCUT2D eigenvalue weighted by Crippen LogP contribution is -2.14. The van der Waals surface area contributed by atoms with Gasteiger partial charge in [0.1, 0.15) is 23.1 Å². The van der Waals surface area contributed by atoms with E-state index in [2.05, 4.69) is 19.9 Å². The number of imidazole rings is 1. The first kappa shape index (κ1) is 15.5. The van der Waals surface area contributed by atoms with Crippen molar-refractivity contribution in [2.24, 2.45) is 0 Å². The van der Waals surface area contributed by atoms with Crippen LogP contribution >= 0.6 is 0 Å². The van der Waals surface area contributed by atoms with Crippen molar-refractivity contribution < 1.29 is 9.47 Å². The molecular formula is C21H16N4O2. The van der Waals surface area contributed by atoms with Crippen molar-refractivity contribution in [3.05, 3.63) is 79.3 Å². The van der Waals surface area contributed by atoms with Crippen LogP contribution in [-0.2, 0) is 6.67 Å². The van der Waals surface area contributed by atoms with E-state index >= 15 is 0 Å². The molecule has 0 radical (unpaired) electrons. The maximum atomic E-state index is 6.05. The quantitative estimate of drug-likeness (QED) is 0.563. The summed E-state index contributed by atoms with van der Waals surface area (Å²) in [5.41, 5.74) is 2.07. The highest BCUT2D eigenvalue weighted by Crippen LogP contribution is 2.36. The van der Waals surface area contributed by atoms with Gasteiger partial charge in [-0.1, -0.05) is 12.1 Å². The first-order chi connectivity index (χ1) is 13.3. The smallest absolute Gasteiger partial charge is 0.219 e. The van der Waals surface area contributed by atoms with E-state index in [1.165, 1.54) is 0 Å². The molecule has 6 nitrogen and oxygen atoms in total. The summed E-state index contributed by atoms with van der Waals surface area (Å²) in [6.45, 7) is 0.718. The lowest BCUT2D eigenvalue weighted by Gasteiger charge is -2.20. The molecule has 1 aliphatic rings. The molecule has 0 aliphatic carbocycles. The van der Waals surface area contributed by atoms with Gasteiger partial charge in [-0.3, -0.25) is 0 Å². The van der Waals surface area contributed by atoms with Crippen molar-refractivity contribution in [3.8, 4) is 34.5 Å². The third-order valence-electron chi connectivity index (χ3n) is 4.29. The minimum Gasteiger partial charge on any atom is -0.457 e. The molecule has 0 unspecified atom stereocenters. The number of hydrogen-bond acceptors (Lipinski definition) is 5. The van der Waals surface area contributed by atoms with Gasteiger partial charge in [0.25, 0.3) is 0 Å². The van der Waals surface area contributed by atoms with Crippen LogP contribution in [0.15, 0.2) is 79.3 Å². The van der Waals surface area contributed by atoms with Gasteiger partial charge in [-0.15, -0.1) is 0 Å². The van der Waals surface area contributed by atoms with Gasteiger partial charge in [0.2, 0.25) is 5.88 Å². The van der Waals surface area contributed by atoms with E-state index in [1.807, 2.05) is 66.9 Å². The third kappa shape index (κ3) is 3.08. The SMILES string of the molecule is c1ccc(Oc2cccc(Oc3ccc4c(c3)-c3nccn3CN4)c2)nc1. The van der Waals surface area contributed by atoms with Crippen LogP contribution in [0.1, 0.15) is 0 Å².